The van der Waals surface area contributed by atoms with Crippen LogP contribution in [0, 0.1) is 0 Å². The first-order valence-corrected chi connectivity index (χ1v) is 15.9. The first-order valence-electron chi connectivity index (χ1n) is 14.9. The lowest BCUT2D eigenvalue weighted by atomic mass is 9.79. The number of fused-ring (bicyclic) bond motifs is 6. The fourth-order valence-electron chi connectivity index (χ4n) is 8.07. The molecule has 5 aromatic rings. The number of Topliss-reactive ketones (excluding diaryl/α,β-unsaturated/α-hetero) is 1. The van der Waals surface area contributed by atoms with E-state index in [2.05, 4.69) is 16.0 Å². The molecule has 1 aliphatic carbocycles. The highest BCUT2D eigenvalue weighted by atomic mass is 32.2. The van der Waals surface area contributed by atoms with Gasteiger partial charge in [-0.25, -0.2) is 4.79 Å². The van der Waals surface area contributed by atoms with Crippen LogP contribution in [0.5, 0.6) is 5.75 Å². The van der Waals surface area contributed by atoms with E-state index in [1.165, 1.54) is 31.9 Å². The molecule has 0 fully saturated rings. The highest BCUT2D eigenvalue weighted by Crippen LogP contribution is 2.56. The normalized spacial score (nSPS) is 18.6. The predicted molar refractivity (Wildman–Crippen MR) is 180 cm³/mol. The third kappa shape index (κ3) is 3.46. The monoisotopic (exact) mass is 639 g/mol. The Kier molecular flexibility index (Phi) is 6.21. The summed E-state index contributed by atoms with van der Waals surface area (Å²) in [6.45, 7) is 2.98. The molecule has 3 aliphatic rings. The number of benzene rings is 5. The summed E-state index contributed by atoms with van der Waals surface area (Å²) >= 11 is 1.50. The molecule has 5 aromatic carbocycles. The van der Waals surface area contributed by atoms with Crippen LogP contribution < -0.4 is 31.5 Å². The van der Waals surface area contributed by atoms with Crippen molar-refractivity contribution in [2.45, 2.75) is 43.9 Å². The lowest BCUT2D eigenvalue weighted by Crippen LogP contribution is -2.40. The van der Waals surface area contributed by atoms with Gasteiger partial charge in [0.2, 0.25) is 5.43 Å². The molecule has 234 valence electrons. The average molecular weight is 640 g/mol. The van der Waals surface area contributed by atoms with Crippen molar-refractivity contribution in [2.75, 3.05) is 41.9 Å². The molecule has 0 radical (unpaired) electrons. The van der Waals surface area contributed by atoms with Crippen LogP contribution in [-0.2, 0) is 22.8 Å². The second kappa shape index (κ2) is 9.92. The summed E-state index contributed by atoms with van der Waals surface area (Å²) in [6.07, 6.45) is 1.86. The van der Waals surface area contributed by atoms with Crippen molar-refractivity contribution in [1.82, 2.24) is 0 Å². The number of carboxylic acid groups (broad SMARTS) is 1. The Morgan fingerprint density at radius 2 is 1.72 bits per heavy atom. The molecule has 0 amide bonds. The Hall–Kier alpha value is -4.65. The number of ketones is 1. The van der Waals surface area contributed by atoms with Gasteiger partial charge < -0.3 is 36.0 Å². The number of aliphatic hydroxyl groups excluding tert-OH is 2. The molecule has 0 aromatic heterocycles. The zero-order valence-electron chi connectivity index (χ0n) is 25.1. The molecular weight excluding hydrogens is 610 g/mol. The summed E-state index contributed by atoms with van der Waals surface area (Å²) in [5.74, 6) is -1.48. The zero-order valence-corrected chi connectivity index (χ0v) is 26.0. The lowest BCUT2D eigenvalue weighted by Gasteiger charge is -2.31. The number of ether oxygens (including phenoxy) is 1. The second-order valence-electron chi connectivity index (χ2n) is 12.1. The summed E-state index contributed by atoms with van der Waals surface area (Å²) < 4.78 is 5.88. The number of hydrogen-bond donors (Lipinski definition) is 6. The van der Waals surface area contributed by atoms with E-state index in [9.17, 15) is 34.5 Å². The van der Waals surface area contributed by atoms with E-state index >= 15 is 0 Å². The molecule has 8 rings (SSSR count). The zero-order chi connectivity index (χ0) is 32.3. The maximum atomic E-state index is 14.6. The van der Waals surface area contributed by atoms with Crippen molar-refractivity contribution in [3.05, 3.63) is 54.3 Å². The van der Waals surface area contributed by atoms with Crippen LogP contribution in [0.1, 0.15) is 42.0 Å². The molecular formula is C34H29N3O8S. The Morgan fingerprint density at radius 3 is 2.39 bits per heavy atom. The topological polar surface area (TPSA) is 174 Å². The quantitative estimate of drug-likeness (QED) is 0.122. The summed E-state index contributed by atoms with van der Waals surface area (Å²) in [4.78, 5) is 55.1. The third-order valence-corrected chi connectivity index (χ3v) is 10.9. The number of carbonyl (C=O) groups excluding carboxylic acids is 1. The van der Waals surface area contributed by atoms with Crippen molar-refractivity contribution in [3.8, 4) is 5.75 Å². The van der Waals surface area contributed by atoms with E-state index in [4.69, 9.17) is 4.74 Å². The minimum Gasteiger partial charge on any atom is -0.492 e. The van der Waals surface area contributed by atoms with Crippen LogP contribution in [0.15, 0.2) is 26.1 Å². The maximum absolute atomic E-state index is 14.6. The molecule has 2 aliphatic heterocycles. The van der Waals surface area contributed by atoms with Crippen LogP contribution in [0.3, 0.4) is 0 Å². The maximum Gasteiger partial charge on any atom is 0.327 e. The molecule has 12 heteroatoms. The first kappa shape index (κ1) is 28.8. The summed E-state index contributed by atoms with van der Waals surface area (Å²) in [7, 11) is 1.40. The molecule has 0 spiro atoms. The van der Waals surface area contributed by atoms with Crippen molar-refractivity contribution in [3.63, 3.8) is 0 Å². The van der Waals surface area contributed by atoms with Gasteiger partial charge in [0.15, 0.2) is 11.2 Å². The number of carboxylic acids is 1. The van der Waals surface area contributed by atoms with Gasteiger partial charge in [-0.05, 0) is 41.6 Å². The SMILES string of the molecule is COc1c2c3c4c(c5c(c6c(=O)cc(CO)c(c7c(CO)c8c(c(c1=O)c73)NCCS8)c64)NC(C(=O)O)CN5)C=C(C)C2C(C)=O. The van der Waals surface area contributed by atoms with E-state index in [0.717, 1.165) is 0 Å². The molecule has 11 nitrogen and oxygen atoms in total. The number of nitrogens with one attached hydrogen (secondary N) is 3. The third-order valence-electron chi connectivity index (χ3n) is 9.72. The molecule has 2 unspecified atom stereocenters. The number of aliphatic hydroxyl groups is 2. The number of thioether (sulfide) groups is 1. The Balaban J connectivity index is 1.81. The van der Waals surface area contributed by atoms with Crippen LogP contribution in [0.25, 0.3) is 49.2 Å². The summed E-state index contributed by atoms with van der Waals surface area (Å²) in [6, 6.07) is 0.313. The Morgan fingerprint density at radius 1 is 0.957 bits per heavy atom. The smallest absolute Gasteiger partial charge is 0.327 e. The van der Waals surface area contributed by atoms with Gasteiger partial charge in [-0.3, -0.25) is 14.4 Å². The van der Waals surface area contributed by atoms with E-state index in [1.54, 1.807) is 6.92 Å². The molecule has 2 heterocycles. The molecule has 0 saturated carbocycles. The lowest BCUT2D eigenvalue weighted by molar-refractivity contribution is -0.137. The number of methoxy groups -OCH3 is 1. The fourth-order valence-corrected chi connectivity index (χ4v) is 9.14. The average Bonchev–Trinajstić information content (AvgIpc) is 3.17. The van der Waals surface area contributed by atoms with Gasteiger partial charge in [-0.1, -0.05) is 11.6 Å². The number of hydrogen-bond acceptors (Lipinski definition) is 11. The number of carbonyl (C=O) groups is 2. The van der Waals surface area contributed by atoms with Crippen LogP contribution in [0.4, 0.5) is 17.1 Å². The number of allylic oxidation sites excluding steroid dienone is 1. The van der Waals surface area contributed by atoms with Gasteiger partial charge >= 0.3 is 5.97 Å². The van der Waals surface area contributed by atoms with Gasteiger partial charge in [0, 0.05) is 56.6 Å². The molecule has 0 bridgehead atoms. The minimum absolute atomic E-state index is 0.0255. The van der Waals surface area contributed by atoms with Crippen molar-refractivity contribution in [1.29, 1.82) is 0 Å². The van der Waals surface area contributed by atoms with Crippen molar-refractivity contribution in [2.24, 2.45) is 0 Å². The van der Waals surface area contributed by atoms with Gasteiger partial charge in [-0.2, -0.15) is 0 Å². The van der Waals surface area contributed by atoms with Crippen molar-refractivity contribution < 1.29 is 29.6 Å². The van der Waals surface area contributed by atoms with Gasteiger partial charge in [0.25, 0.3) is 0 Å². The second-order valence-corrected chi connectivity index (χ2v) is 13.2. The standard InChI is InChI=1S/C34H29N3O8S/c1-11-6-14-20-23-19(13(9-38)7-17(41)22(23)29-28(14)36-8-16(37-29)34(43)44)21-15(10-39)33-30(35-4-5-46-33)27-25(21)24(20)26(18(11)12(2)40)32(45-3)31(27)42/h6-7,16,18,35-39H,4-5,8-10H2,1-3H3,(H,43,44). The summed E-state index contributed by atoms with van der Waals surface area (Å²) in [5, 5.41) is 45.1. The predicted octanol–water partition coefficient (Wildman–Crippen LogP) is 3.79. The van der Waals surface area contributed by atoms with E-state index in [1.807, 2.05) is 6.08 Å². The first-order chi connectivity index (χ1) is 22.1. The summed E-state index contributed by atoms with van der Waals surface area (Å²) in [5.41, 5.74) is 3.05. The van der Waals surface area contributed by atoms with E-state index < -0.39 is 42.0 Å². The number of anilines is 3. The van der Waals surface area contributed by atoms with Gasteiger partial charge in [0.05, 0.1) is 54.1 Å². The van der Waals surface area contributed by atoms with E-state index in [-0.39, 0.29) is 23.5 Å². The highest BCUT2D eigenvalue weighted by Gasteiger charge is 2.39. The number of aliphatic carboxylic acids is 1. The number of rotatable bonds is 5. The van der Waals surface area contributed by atoms with Crippen LogP contribution >= 0.6 is 11.8 Å². The van der Waals surface area contributed by atoms with E-state index in [0.29, 0.717) is 99.8 Å². The molecule has 2 atom stereocenters. The van der Waals surface area contributed by atoms with Crippen LogP contribution in [-0.4, -0.2) is 59.1 Å². The van der Waals surface area contributed by atoms with Crippen LogP contribution in [0.2, 0.25) is 0 Å². The Labute approximate surface area is 264 Å². The van der Waals surface area contributed by atoms with Gasteiger partial charge in [-0.15, -0.1) is 11.8 Å². The fraction of sp³-hybridized carbons (Fsp3) is 0.294. The van der Waals surface area contributed by atoms with Crippen molar-refractivity contribution >= 4 is 89.7 Å². The largest absolute Gasteiger partial charge is 0.492 e. The molecule has 46 heavy (non-hydrogen) atoms. The minimum atomic E-state index is -1.10. The Bertz CT molecular complexity index is 2390. The molecule has 6 N–H and O–H groups in total. The van der Waals surface area contributed by atoms with Gasteiger partial charge in [0.1, 0.15) is 11.8 Å². The highest BCUT2D eigenvalue weighted by molar-refractivity contribution is 7.99. The molecule has 0 saturated heterocycles.